The first-order valence-electron chi connectivity index (χ1n) is 4.28. The summed E-state index contributed by atoms with van der Waals surface area (Å²) in [7, 11) is -0.861. The Balaban J connectivity index is 3.68. The van der Waals surface area contributed by atoms with E-state index < -0.39 is 16.8 Å². The number of nitrogens with two attached hydrogens (primary N) is 1. The lowest BCUT2D eigenvalue weighted by atomic mass is 10.1. The van der Waals surface area contributed by atoms with Crippen LogP contribution >= 0.6 is 0 Å². The zero-order valence-corrected chi connectivity index (χ0v) is 9.19. The third-order valence-electron chi connectivity index (χ3n) is 1.71. The number of nitrogens with one attached hydrogen (secondary N) is 1. The van der Waals surface area contributed by atoms with Crippen LogP contribution < -0.4 is 11.1 Å². The van der Waals surface area contributed by atoms with E-state index in [1.807, 2.05) is 13.8 Å². The van der Waals surface area contributed by atoms with Crippen molar-refractivity contribution < 1.29 is 9.00 Å². The summed E-state index contributed by atoms with van der Waals surface area (Å²) < 4.78 is 10.7. The fourth-order valence-corrected chi connectivity index (χ4v) is 1.13. The van der Waals surface area contributed by atoms with Crippen molar-refractivity contribution in [2.75, 3.05) is 18.6 Å². The Labute approximate surface area is 81.7 Å². The molecule has 0 aliphatic heterocycles. The molecule has 0 radical (unpaired) electrons. The first kappa shape index (κ1) is 12.6. The molecule has 0 aromatic carbocycles. The Kier molecular flexibility index (Phi) is 5.90. The molecule has 1 unspecified atom stereocenters. The van der Waals surface area contributed by atoms with E-state index in [4.69, 9.17) is 5.73 Å². The van der Waals surface area contributed by atoms with Crippen LogP contribution in [-0.4, -0.2) is 34.7 Å². The lowest BCUT2D eigenvalue weighted by Crippen LogP contribution is -2.44. The molecule has 0 spiro atoms. The molecule has 0 saturated heterocycles. The predicted octanol–water partition coefficient (Wildman–Crippen LogP) is -0.536. The van der Waals surface area contributed by atoms with E-state index in [1.165, 1.54) is 0 Å². The van der Waals surface area contributed by atoms with E-state index in [0.717, 1.165) is 0 Å². The first-order chi connectivity index (χ1) is 5.95. The van der Waals surface area contributed by atoms with Crippen LogP contribution in [-0.2, 0) is 15.6 Å². The Morgan fingerprint density at radius 1 is 1.54 bits per heavy atom. The molecule has 13 heavy (non-hydrogen) atoms. The summed E-state index contributed by atoms with van der Waals surface area (Å²) in [5.74, 6) is 0.448. The number of carbonyl (C=O) groups excluding carboxylic acids is 1. The third kappa shape index (κ3) is 5.76. The second-order valence-corrected chi connectivity index (χ2v) is 4.89. The molecule has 0 aliphatic carbocycles. The van der Waals surface area contributed by atoms with E-state index in [2.05, 4.69) is 5.32 Å². The van der Waals surface area contributed by atoms with Gasteiger partial charge in [0.15, 0.2) is 0 Å². The van der Waals surface area contributed by atoms with Gasteiger partial charge in [0, 0.05) is 29.4 Å². The van der Waals surface area contributed by atoms with Gasteiger partial charge in [-0.3, -0.25) is 9.00 Å². The van der Waals surface area contributed by atoms with E-state index in [-0.39, 0.29) is 11.8 Å². The van der Waals surface area contributed by atoms with Gasteiger partial charge in [0.05, 0.1) is 6.04 Å². The van der Waals surface area contributed by atoms with Crippen molar-refractivity contribution in [3.63, 3.8) is 0 Å². The number of amides is 1. The summed E-state index contributed by atoms with van der Waals surface area (Å²) in [6, 6.07) is -0.467. The summed E-state index contributed by atoms with van der Waals surface area (Å²) in [6.07, 6.45) is 1.61. The average molecular weight is 206 g/mol. The fraction of sp³-hybridized carbons (Fsp3) is 0.875. The van der Waals surface area contributed by atoms with Crippen molar-refractivity contribution in [2.45, 2.75) is 19.9 Å². The summed E-state index contributed by atoms with van der Waals surface area (Å²) >= 11 is 0. The SMILES string of the molecule is CC(C)[C@H](N)C(=O)NCCS(C)=O. The smallest absolute Gasteiger partial charge is 0.237 e. The van der Waals surface area contributed by atoms with Crippen LogP contribution in [0, 0.1) is 5.92 Å². The van der Waals surface area contributed by atoms with Gasteiger partial charge in [0.1, 0.15) is 0 Å². The standard InChI is InChI=1S/C8H18N2O2S/c1-6(2)7(9)8(11)10-4-5-13(3)12/h6-7H,4-5,9H2,1-3H3,(H,10,11)/t7-,13?/m0/s1. The van der Waals surface area contributed by atoms with Crippen molar-refractivity contribution in [3.8, 4) is 0 Å². The molecule has 5 heteroatoms. The number of hydrogen-bond acceptors (Lipinski definition) is 3. The Morgan fingerprint density at radius 2 is 2.08 bits per heavy atom. The monoisotopic (exact) mass is 206 g/mol. The summed E-state index contributed by atoms with van der Waals surface area (Å²) in [5, 5.41) is 2.64. The highest BCUT2D eigenvalue weighted by Gasteiger charge is 2.16. The second-order valence-electron chi connectivity index (χ2n) is 3.34. The Morgan fingerprint density at radius 3 is 2.46 bits per heavy atom. The molecule has 0 aromatic rings. The van der Waals surface area contributed by atoms with Crippen LogP contribution in [0.2, 0.25) is 0 Å². The van der Waals surface area contributed by atoms with Gasteiger partial charge in [-0.25, -0.2) is 0 Å². The van der Waals surface area contributed by atoms with Crippen molar-refractivity contribution in [2.24, 2.45) is 11.7 Å². The molecule has 0 aliphatic rings. The van der Waals surface area contributed by atoms with Gasteiger partial charge in [0.25, 0.3) is 0 Å². The van der Waals surface area contributed by atoms with Crippen LogP contribution in [0.1, 0.15) is 13.8 Å². The average Bonchev–Trinajstić information content (AvgIpc) is 2.02. The van der Waals surface area contributed by atoms with Gasteiger partial charge in [-0.1, -0.05) is 13.8 Å². The lowest BCUT2D eigenvalue weighted by Gasteiger charge is -2.14. The van der Waals surface area contributed by atoms with Crippen LogP contribution in [0.3, 0.4) is 0 Å². The highest BCUT2D eigenvalue weighted by Crippen LogP contribution is 1.97. The third-order valence-corrected chi connectivity index (χ3v) is 2.49. The lowest BCUT2D eigenvalue weighted by molar-refractivity contribution is -0.123. The van der Waals surface area contributed by atoms with E-state index in [1.54, 1.807) is 6.26 Å². The molecular formula is C8H18N2O2S. The molecule has 4 nitrogen and oxygen atoms in total. The largest absolute Gasteiger partial charge is 0.354 e. The van der Waals surface area contributed by atoms with E-state index in [0.29, 0.717) is 12.3 Å². The number of rotatable bonds is 5. The topological polar surface area (TPSA) is 72.2 Å². The van der Waals surface area contributed by atoms with Crippen molar-refractivity contribution >= 4 is 16.7 Å². The minimum Gasteiger partial charge on any atom is -0.354 e. The molecular weight excluding hydrogens is 188 g/mol. The number of carbonyl (C=O) groups is 1. The molecule has 0 fully saturated rings. The zero-order valence-electron chi connectivity index (χ0n) is 8.37. The van der Waals surface area contributed by atoms with Gasteiger partial charge in [-0.2, -0.15) is 0 Å². The maximum Gasteiger partial charge on any atom is 0.237 e. The first-order valence-corrected chi connectivity index (χ1v) is 6.01. The van der Waals surface area contributed by atoms with Crippen molar-refractivity contribution in [1.82, 2.24) is 5.32 Å². The summed E-state index contributed by atoms with van der Waals surface area (Å²) in [5.41, 5.74) is 5.59. The van der Waals surface area contributed by atoms with Gasteiger partial charge < -0.3 is 11.1 Å². The minimum absolute atomic E-state index is 0.132. The van der Waals surface area contributed by atoms with Crippen LogP contribution in [0.15, 0.2) is 0 Å². The van der Waals surface area contributed by atoms with Crippen LogP contribution in [0.25, 0.3) is 0 Å². The van der Waals surface area contributed by atoms with Gasteiger partial charge in [0.2, 0.25) is 5.91 Å². The van der Waals surface area contributed by atoms with Gasteiger partial charge in [-0.05, 0) is 5.92 Å². The maximum absolute atomic E-state index is 11.2. The molecule has 0 aromatic heterocycles. The molecule has 0 saturated carbocycles. The molecule has 0 heterocycles. The highest BCUT2D eigenvalue weighted by atomic mass is 32.2. The van der Waals surface area contributed by atoms with Gasteiger partial charge >= 0.3 is 0 Å². The predicted molar refractivity (Wildman–Crippen MR) is 54.8 cm³/mol. The van der Waals surface area contributed by atoms with Gasteiger partial charge in [-0.15, -0.1) is 0 Å². The Hall–Kier alpha value is -0.420. The van der Waals surface area contributed by atoms with Crippen LogP contribution in [0.5, 0.6) is 0 Å². The van der Waals surface area contributed by atoms with Crippen molar-refractivity contribution in [1.29, 1.82) is 0 Å². The number of hydrogen-bond donors (Lipinski definition) is 2. The minimum atomic E-state index is -0.861. The maximum atomic E-state index is 11.2. The molecule has 78 valence electrons. The Bertz CT molecular complexity index is 195. The summed E-state index contributed by atoms with van der Waals surface area (Å²) in [4.78, 5) is 11.2. The molecule has 0 bridgehead atoms. The normalized spacial score (nSPS) is 15.5. The fourth-order valence-electron chi connectivity index (χ4n) is 0.739. The van der Waals surface area contributed by atoms with E-state index >= 15 is 0 Å². The van der Waals surface area contributed by atoms with Crippen LogP contribution in [0.4, 0.5) is 0 Å². The molecule has 2 atom stereocenters. The van der Waals surface area contributed by atoms with E-state index in [9.17, 15) is 9.00 Å². The second kappa shape index (κ2) is 6.10. The quantitative estimate of drug-likeness (QED) is 0.635. The molecule has 3 N–H and O–H groups in total. The summed E-state index contributed by atoms with van der Waals surface area (Å²) in [6.45, 7) is 4.22. The molecule has 0 rings (SSSR count). The van der Waals surface area contributed by atoms with Crippen molar-refractivity contribution in [3.05, 3.63) is 0 Å². The molecule has 1 amide bonds. The zero-order chi connectivity index (χ0) is 10.4. The highest BCUT2D eigenvalue weighted by molar-refractivity contribution is 7.84.